The fourth-order valence-electron chi connectivity index (χ4n) is 3.25. The zero-order valence-corrected chi connectivity index (χ0v) is 11.9. The molecule has 98 valence electrons. The van der Waals surface area contributed by atoms with Crippen molar-refractivity contribution in [2.75, 3.05) is 13.1 Å². The minimum atomic E-state index is -0.178. The molecule has 2 nitrogen and oxygen atoms in total. The number of rotatable bonds is 3. The smallest absolute Gasteiger partial charge is 0.137 e. The zero-order chi connectivity index (χ0) is 12.5. The molecule has 2 unspecified atom stereocenters. The number of halogens is 2. The van der Waals surface area contributed by atoms with Crippen LogP contribution in [0.2, 0.25) is 0 Å². The Labute approximate surface area is 116 Å². The van der Waals surface area contributed by atoms with E-state index in [-0.39, 0.29) is 5.82 Å². The minimum Gasteiger partial charge on any atom is -0.308 e. The number of fused-ring (bicyclic) bond motifs is 1. The summed E-state index contributed by atoms with van der Waals surface area (Å²) in [5.74, 6) is -0.178. The molecule has 2 aliphatic heterocycles. The molecule has 2 atom stereocenters. The maximum absolute atomic E-state index is 13.4. The largest absolute Gasteiger partial charge is 0.308 e. The Hall–Kier alpha value is -0.450. The van der Waals surface area contributed by atoms with Gasteiger partial charge in [0.05, 0.1) is 4.47 Å². The van der Waals surface area contributed by atoms with Crippen molar-refractivity contribution in [3.63, 3.8) is 0 Å². The van der Waals surface area contributed by atoms with E-state index < -0.39 is 0 Å². The van der Waals surface area contributed by atoms with Crippen molar-refractivity contribution in [2.24, 2.45) is 0 Å². The summed E-state index contributed by atoms with van der Waals surface area (Å²) in [4.78, 5) is 2.58. The van der Waals surface area contributed by atoms with Crippen LogP contribution in [0.1, 0.15) is 24.8 Å². The third-order valence-corrected chi connectivity index (χ3v) is 5.08. The van der Waals surface area contributed by atoms with Crippen LogP contribution >= 0.6 is 15.9 Å². The van der Waals surface area contributed by atoms with Gasteiger partial charge in [0.15, 0.2) is 0 Å². The first kappa shape index (κ1) is 12.6. The van der Waals surface area contributed by atoms with Crippen LogP contribution in [0, 0.1) is 5.82 Å². The molecular weight excluding hydrogens is 295 g/mol. The highest BCUT2D eigenvalue weighted by Gasteiger charge is 2.36. The fraction of sp³-hybridized carbons (Fsp3) is 0.571. The average Bonchev–Trinajstić information content (AvgIpc) is 2.94. The summed E-state index contributed by atoms with van der Waals surface area (Å²) in [7, 11) is 0. The lowest BCUT2D eigenvalue weighted by molar-refractivity contribution is 0.298. The second-order valence-corrected chi connectivity index (χ2v) is 6.03. The highest BCUT2D eigenvalue weighted by molar-refractivity contribution is 9.10. The van der Waals surface area contributed by atoms with Gasteiger partial charge in [0.25, 0.3) is 0 Å². The molecule has 0 radical (unpaired) electrons. The van der Waals surface area contributed by atoms with Crippen LogP contribution in [0.5, 0.6) is 0 Å². The zero-order valence-electron chi connectivity index (χ0n) is 10.3. The second kappa shape index (κ2) is 5.27. The number of nitrogens with zero attached hydrogens (tertiary/aromatic N) is 1. The van der Waals surface area contributed by atoms with Gasteiger partial charge in [0.2, 0.25) is 0 Å². The molecule has 2 saturated heterocycles. The van der Waals surface area contributed by atoms with Crippen molar-refractivity contribution >= 4 is 15.9 Å². The van der Waals surface area contributed by atoms with E-state index in [2.05, 4.69) is 26.1 Å². The lowest BCUT2D eigenvalue weighted by Crippen LogP contribution is -2.38. The Morgan fingerprint density at radius 1 is 1.33 bits per heavy atom. The standard InChI is InChI=1S/C14H18BrFN2/c15-14-10(3-1-4-11(14)16)9-17-12-6-8-18-7-2-5-13(12)18/h1,3-4,12-13,17H,2,5-9H2. The van der Waals surface area contributed by atoms with E-state index >= 15 is 0 Å². The molecule has 1 N–H and O–H groups in total. The molecule has 0 saturated carbocycles. The van der Waals surface area contributed by atoms with E-state index in [1.807, 2.05) is 6.07 Å². The summed E-state index contributed by atoms with van der Waals surface area (Å²) >= 11 is 3.32. The third-order valence-electron chi connectivity index (χ3n) is 4.19. The van der Waals surface area contributed by atoms with Gasteiger partial charge in [-0.1, -0.05) is 12.1 Å². The number of hydrogen-bond donors (Lipinski definition) is 1. The normalized spacial score (nSPS) is 27.7. The topological polar surface area (TPSA) is 15.3 Å². The van der Waals surface area contributed by atoms with Crippen LogP contribution in [0.3, 0.4) is 0 Å². The molecule has 18 heavy (non-hydrogen) atoms. The van der Waals surface area contributed by atoms with Gasteiger partial charge in [0.1, 0.15) is 5.82 Å². The summed E-state index contributed by atoms with van der Waals surface area (Å²) < 4.78 is 14.0. The SMILES string of the molecule is Fc1cccc(CNC2CCN3CCCC23)c1Br. The van der Waals surface area contributed by atoms with Crippen molar-refractivity contribution in [2.45, 2.75) is 37.9 Å². The first-order valence-corrected chi connectivity index (χ1v) is 7.45. The summed E-state index contributed by atoms with van der Waals surface area (Å²) in [6.07, 6.45) is 3.85. The summed E-state index contributed by atoms with van der Waals surface area (Å²) in [5.41, 5.74) is 1.01. The summed E-state index contributed by atoms with van der Waals surface area (Å²) in [6.45, 7) is 3.21. The Balaban J connectivity index is 1.63. The van der Waals surface area contributed by atoms with E-state index in [4.69, 9.17) is 0 Å². The monoisotopic (exact) mass is 312 g/mol. The van der Waals surface area contributed by atoms with Crippen LogP contribution in [-0.2, 0) is 6.54 Å². The van der Waals surface area contributed by atoms with Crippen molar-refractivity contribution < 1.29 is 4.39 Å². The number of nitrogens with one attached hydrogen (secondary N) is 1. The number of hydrogen-bond acceptors (Lipinski definition) is 2. The van der Waals surface area contributed by atoms with Crippen LogP contribution < -0.4 is 5.32 Å². The Bertz CT molecular complexity index is 438. The van der Waals surface area contributed by atoms with E-state index in [0.717, 1.165) is 12.1 Å². The van der Waals surface area contributed by atoms with Crippen molar-refractivity contribution in [3.05, 3.63) is 34.1 Å². The molecule has 0 aromatic heterocycles. The maximum atomic E-state index is 13.4. The Morgan fingerprint density at radius 2 is 2.22 bits per heavy atom. The van der Waals surface area contributed by atoms with Gasteiger partial charge in [0, 0.05) is 25.2 Å². The molecule has 0 amide bonds. The highest BCUT2D eigenvalue weighted by atomic mass is 79.9. The van der Waals surface area contributed by atoms with Gasteiger partial charge in [-0.2, -0.15) is 0 Å². The number of benzene rings is 1. The van der Waals surface area contributed by atoms with Gasteiger partial charge >= 0.3 is 0 Å². The van der Waals surface area contributed by atoms with Gasteiger partial charge < -0.3 is 5.32 Å². The molecule has 2 heterocycles. The Morgan fingerprint density at radius 3 is 3.11 bits per heavy atom. The quantitative estimate of drug-likeness (QED) is 0.923. The molecule has 0 spiro atoms. The first-order chi connectivity index (χ1) is 8.75. The molecular formula is C14H18BrFN2. The minimum absolute atomic E-state index is 0.178. The third kappa shape index (κ3) is 2.33. The van der Waals surface area contributed by atoms with Crippen LogP contribution in [0.4, 0.5) is 4.39 Å². The van der Waals surface area contributed by atoms with Gasteiger partial charge in [-0.15, -0.1) is 0 Å². The summed E-state index contributed by atoms with van der Waals surface area (Å²) in [5, 5.41) is 3.60. The molecule has 2 fully saturated rings. The maximum Gasteiger partial charge on any atom is 0.137 e. The average molecular weight is 313 g/mol. The molecule has 0 bridgehead atoms. The van der Waals surface area contributed by atoms with Gasteiger partial charge in [-0.05, 0) is 53.4 Å². The lowest BCUT2D eigenvalue weighted by Gasteiger charge is -2.21. The second-order valence-electron chi connectivity index (χ2n) is 5.23. The molecule has 2 aliphatic rings. The van der Waals surface area contributed by atoms with Crippen LogP contribution in [-0.4, -0.2) is 30.1 Å². The Kier molecular flexibility index (Phi) is 3.68. The summed E-state index contributed by atoms with van der Waals surface area (Å²) in [6, 6.07) is 6.51. The van der Waals surface area contributed by atoms with Gasteiger partial charge in [-0.25, -0.2) is 4.39 Å². The fourth-order valence-corrected chi connectivity index (χ4v) is 3.65. The van der Waals surface area contributed by atoms with Crippen LogP contribution in [0.25, 0.3) is 0 Å². The highest BCUT2D eigenvalue weighted by Crippen LogP contribution is 2.28. The van der Waals surface area contributed by atoms with Crippen molar-refractivity contribution in [1.82, 2.24) is 10.2 Å². The molecule has 3 rings (SSSR count). The lowest BCUT2D eigenvalue weighted by atomic mass is 10.1. The molecule has 1 aromatic rings. The van der Waals surface area contributed by atoms with E-state index in [1.54, 1.807) is 6.07 Å². The first-order valence-electron chi connectivity index (χ1n) is 6.66. The van der Waals surface area contributed by atoms with Crippen molar-refractivity contribution in [1.29, 1.82) is 0 Å². The van der Waals surface area contributed by atoms with E-state index in [9.17, 15) is 4.39 Å². The van der Waals surface area contributed by atoms with Crippen LogP contribution in [0.15, 0.2) is 22.7 Å². The van der Waals surface area contributed by atoms with Gasteiger partial charge in [-0.3, -0.25) is 4.90 Å². The van der Waals surface area contributed by atoms with E-state index in [0.29, 0.717) is 16.6 Å². The van der Waals surface area contributed by atoms with Crippen molar-refractivity contribution in [3.8, 4) is 0 Å². The predicted octanol–water partition coefficient (Wildman–Crippen LogP) is 2.91. The predicted molar refractivity (Wildman–Crippen MR) is 73.9 cm³/mol. The van der Waals surface area contributed by atoms with E-state index in [1.165, 1.54) is 38.4 Å². The molecule has 0 aliphatic carbocycles. The molecule has 1 aromatic carbocycles. The molecule has 4 heteroatoms.